The summed E-state index contributed by atoms with van der Waals surface area (Å²) in [4.78, 5) is 0. The first-order valence-electron chi connectivity index (χ1n) is 25.8. The second-order valence-corrected chi connectivity index (χ2v) is 20.2. The Hall–Kier alpha value is -7.24. The number of aliphatic hydroxyl groups excluding tert-OH is 3. The van der Waals surface area contributed by atoms with Crippen molar-refractivity contribution in [1.82, 2.24) is 0 Å². The number of aliphatic hydroxyl groups is 3. The number of ether oxygens (including phenoxy) is 6. The zero-order valence-corrected chi connectivity index (χ0v) is 41.2. The zero-order chi connectivity index (χ0) is 50.1. The van der Waals surface area contributed by atoms with Crippen LogP contribution in [0.5, 0.6) is 23.0 Å². The molecule has 8 aromatic carbocycles. The Morgan fingerprint density at radius 2 is 0.770 bits per heavy atom. The maximum Gasteiger partial charge on any atom is 0.122 e. The maximum atomic E-state index is 11.3. The van der Waals surface area contributed by atoms with E-state index in [-0.39, 0.29) is 50.5 Å². The Bertz CT molecular complexity index is 2960. The number of hydrogen-bond donors (Lipinski definition) is 3. The van der Waals surface area contributed by atoms with Gasteiger partial charge in [-0.3, -0.25) is 0 Å². The van der Waals surface area contributed by atoms with E-state index in [1.165, 1.54) is 33.4 Å². The molecule has 0 aromatic heterocycles. The first-order valence-corrected chi connectivity index (χ1v) is 25.8. The lowest BCUT2D eigenvalue weighted by Crippen LogP contribution is -2.27. The Morgan fingerprint density at radius 1 is 0.432 bits per heavy atom. The summed E-state index contributed by atoms with van der Waals surface area (Å²) in [5, 5.41) is 31.8. The number of fused-ring (bicyclic) bond motifs is 2. The number of epoxide rings is 2. The Balaban J connectivity index is 0.767. The molecule has 0 amide bonds. The fourth-order valence-corrected chi connectivity index (χ4v) is 11.7. The molecule has 8 aromatic rings. The highest BCUT2D eigenvalue weighted by atomic mass is 16.6. The van der Waals surface area contributed by atoms with Crippen molar-refractivity contribution >= 4 is 0 Å². The van der Waals surface area contributed by atoms with Gasteiger partial charge in [-0.15, -0.1) is 0 Å². The lowest BCUT2D eigenvalue weighted by atomic mass is 9.69. The summed E-state index contributed by atoms with van der Waals surface area (Å²) in [7, 11) is 0. The molecule has 0 radical (unpaired) electrons. The molecule has 2 fully saturated rings. The molecular formula is C65H60O9. The molecule has 74 heavy (non-hydrogen) atoms. The minimum absolute atomic E-state index is 0.0304. The van der Waals surface area contributed by atoms with Crippen molar-refractivity contribution in [2.75, 3.05) is 39.6 Å². The highest BCUT2D eigenvalue weighted by molar-refractivity contribution is 5.63. The van der Waals surface area contributed by atoms with Gasteiger partial charge in [0.15, 0.2) is 0 Å². The Morgan fingerprint density at radius 3 is 1.09 bits per heavy atom. The average Bonchev–Trinajstić information content (AvgIpc) is 4.42. The molecule has 9 nitrogen and oxygen atoms in total. The third-order valence-electron chi connectivity index (χ3n) is 15.6. The molecule has 2 aliphatic heterocycles. The van der Waals surface area contributed by atoms with Crippen molar-refractivity contribution in [1.29, 1.82) is 0 Å². The van der Waals surface area contributed by atoms with E-state index in [2.05, 4.69) is 146 Å². The van der Waals surface area contributed by atoms with Gasteiger partial charge in [0.05, 0.1) is 26.4 Å². The monoisotopic (exact) mass is 984 g/mol. The second-order valence-electron chi connectivity index (χ2n) is 20.2. The first-order chi connectivity index (χ1) is 36.4. The minimum Gasteiger partial charge on any atom is -0.491 e. The maximum absolute atomic E-state index is 11.3. The van der Waals surface area contributed by atoms with Gasteiger partial charge in [0.2, 0.25) is 0 Å². The van der Waals surface area contributed by atoms with Crippen LogP contribution in [0.3, 0.4) is 0 Å². The van der Waals surface area contributed by atoms with Crippen molar-refractivity contribution in [3.8, 4) is 23.0 Å². The number of hydrogen-bond acceptors (Lipinski definition) is 9. The fourth-order valence-electron chi connectivity index (χ4n) is 11.7. The van der Waals surface area contributed by atoms with E-state index in [9.17, 15) is 15.3 Å². The molecule has 12 rings (SSSR count). The quantitative estimate of drug-likeness (QED) is 0.0641. The van der Waals surface area contributed by atoms with E-state index in [1.807, 2.05) is 48.5 Å². The van der Waals surface area contributed by atoms with E-state index in [0.29, 0.717) is 24.7 Å². The predicted octanol–water partition coefficient (Wildman–Crippen LogP) is 10.8. The molecule has 0 spiro atoms. The Labute approximate surface area is 432 Å². The molecule has 374 valence electrons. The van der Waals surface area contributed by atoms with Gasteiger partial charge in [-0.25, -0.2) is 0 Å². The smallest absolute Gasteiger partial charge is 0.122 e. The van der Waals surface area contributed by atoms with Crippen molar-refractivity contribution in [2.24, 2.45) is 0 Å². The van der Waals surface area contributed by atoms with E-state index in [4.69, 9.17) is 28.4 Å². The highest BCUT2D eigenvalue weighted by Gasteiger charge is 2.48. The Kier molecular flexibility index (Phi) is 13.3. The van der Waals surface area contributed by atoms with Crippen molar-refractivity contribution in [2.45, 2.75) is 67.0 Å². The average molecular weight is 985 g/mol. The molecule has 2 heterocycles. The molecule has 2 aliphatic carbocycles. The zero-order valence-electron chi connectivity index (χ0n) is 41.2. The third-order valence-corrected chi connectivity index (χ3v) is 15.6. The van der Waals surface area contributed by atoms with E-state index in [0.717, 1.165) is 70.9 Å². The minimum atomic E-state index is -0.894. The molecule has 6 atom stereocenters. The topological polar surface area (TPSA) is 123 Å². The summed E-state index contributed by atoms with van der Waals surface area (Å²) in [6.07, 6.45) is 1.02. The van der Waals surface area contributed by atoms with Gasteiger partial charge in [0.25, 0.3) is 0 Å². The van der Waals surface area contributed by atoms with Gasteiger partial charge in [-0.05, 0) is 128 Å². The van der Waals surface area contributed by atoms with Crippen molar-refractivity contribution in [3.63, 3.8) is 0 Å². The number of benzene rings is 8. The van der Waals surface area contributed by atoms with Gasteiger partial charge in [0.1, 0.15) is 67.7 Å². The van der Waals surface area contributed by atoms with Crippen LogP contribution >= 0.6 is 0 Å². The van der Waals surface area contributed by atoms with Crippen molar-refractivity contribution in [3.05, 3.63) is 261 Å². The summed E-state index contributed by atoms with van der Waals surface area (Å²) in [6.45, 7) is 2.58. The van der Waals surface area contributed by atoms with Crippen LogP contribution in [-0.4, -0.2) is 73.3 Å². The summed E-state index contributed by atoms with van der Waals surface area (Å²) in [5.41, 5.74) is 12.6. The van der Waals surface area contributed by atoms with E-state index in [1.54, 1.807) is 0 Å². The van der Waals surface area contributed by atoms with Gasteiger partial charge < -0.3 is 43.7 Å². The molecule has 0 bridgehead atoms. The molecule has 9 heteroatoms. The normalized spacial score (nSPS) is 22.6. The molecule has 3 N–H and O–H groups in total. The van der Waals surface area contributed by atoms with Crippen LogP contribution in [0.15, 0.2) is 194 Å². The van der Waals surface area contributed by atoms with Gasteiger partial charge >= 0.3 is 0 Å². The summed E-state index contributed by atoms with van der Waals surface area (Å²) >= 11 is 0. The largest absolute Gasteiger partial charge is 0.491 e. The molecule has 0 saturated carbocycles. The van der Waals surface area contributed by atoms with Gasteiger partial charge in [-0.1, -0.05) is 146 Å². The van der Waals surface area contributed by atoms with E-state index < -0.39 is 16.9 Å². The third kappa shape index (κ3) is 9.47. The van der Waals surface area contributed by atoms with Crippen LogP contribution in [0.25, 0.3) is 0 Å². The summed E-state index contributed by atoms with van der Waals surface area (Å²) in [6, 6.07) is 67.5. The molecule has 6 unspecified atom stereocenters. The van der Waals surface area contributed by atoms with Crippen molar-refractivity contribution < 1.29 is 43.7 Å². The van der Waals surface area contributed by atoms with Crippen LogP contribution < -0.4 is 18.9 Å². The molecule has 2 saturated heterocycles. The predicted molar refractivity (Wildman–Crippen MR) is 284 cm³/mol. The number of rotatable bonds is 20. The van der Waals surface area contributed by atoms with Gasteiger partial charge in [0, 0.05) is 22.7 Å². The van der Waals surface area contributed by atoms with E-state index >= 15 is 0 Å². The van der Waals surface area contributed by atoms with Crippen LogP contribution in [0, 0.1) is 0 Å². The molecular weight excluding hydrogens is 925 g/mol. The van der Waals surface area contributed by atoms with Gasteiger partial charge in [-0.2, -0.15) is 0 Å². The lowest BCUT2D eigenvalue weighted by molar-refractivity contribution is 0.0626. The second kappa shape index (κ2) is 20.6. The highest BCUT2D eigenvalue weighted by Crippen LogP contribution is 2.58. The van der Waals surface area contributed by atoms with Crippen LogP contribution in [0.4, 0.5) is 0 Å². The SMILES string of the molecule is OCc1ccc2c(c1)C(c1ccccc1)CC2(c1ccc(OCC(O)COc2ccc(C3(c4ccc(OCC5CO5)cc4)CC(c4ccccc4)c4cc(CO)ccc43)cc2)cc1)c1ccc(OCC2CO2)cc1. The standard InChI is InChI=1S/C65H60O9/c66-35-43-11-29-62-58(31-43)60(45-7-3-1-4-8-45)33-64(62,49-17-25-54(26-18-49)71-39-56-41-73-56)47-13-21-52(22-14-47)69-37-51(68)38-70-53-23-15-48(16-24-53)65(50-19-27-55(28-20-50)72-40-57-42-74-57)34-61(46-9-5-2-6-10-46)59-32-44(36-67)12-30-63(59)65/h1-32,51,56-57,60-61,66-68H,33-42H2. The molecule has 4 aliphatic rings. The van der Waals surface area contributed by atoms with Crippen LogP contribution in [-0.2, 0) is 33.5 Å². The van der Waals surface area contributed by atoms with Crippen LogP contribution in [0.1, 0.15) is 91.4 Å². The summed E-state index contributed by atoms with van der Waals surface area (Å²) in [5.74, 6) is 3.10. The lowest BCUT2D eigenvalue weighted by Gasteiger charge is -2.33. The van der Waals surface area contributed by atoms with Crippen LogP contribution in [0.2, 0.25) is 0 Å². The fraction of sp³-hybridized carbons (Fsp3) is 0.262. The first kappa shape index (κ1) is 47.7. The summed E-state index contributed by atoms with van der Waals surface area (Å²) < 4.78 is 35.4.